The van der Waals surface area contributed by atoms with Gasteiger partial charge in [-0.3, -0.25) is 14.4 Å². The zero-order chi connectivity index (χ0) is 23.2. The van der Waals surface area contributed by atoms with Gasteiger partial charge in [0, 0.05) is 49.3 Å². The largest absolute Gasteiger partial charge is 0.381 e. The van der Waals surface area contributed by atoms with Crippen LogP contribution < -0.4 is 5.73 Å². The summed E-state index contributed by atoms with van der Waals surface area (Å²) in [6, 6.07) is 8.00. The van der Waals surface area contributed by atoms with Gasteiger partial charge in [-0.05, 0) is 42.5 Å². The molecule has 0 bridgehead atoms. The van der Waals surface area contributed by atoms with Gasteiger partial charge in [-0.1, -0.05) is 29.8 Å². The molecule has 1 aromatic carbocycles. The average molecular weight is 467 g/mol. The van der Waals surface area contributed by atoms with Crippen LogP contribution in [0.25, 0.3) is 11.0 Å². The van der Waals surface area contributed by atoms with E-state index in [1.54, 1.807) is 15.8 Å². The van der Waals surface area contributed by atoms with Gasteiger partial charge >= 0.3 is 0 Å². The van der Waals surface area contributed by atoms with Gasteiger partial charge in [0.1, 0.15) is 0 Å². The molecule has 1 atom stereocenters. The smallest absolute Gasteiger partial charge is 0.232 e. The monoisotopic (exact) mass is 466 g/mol. The van der Waals surface area contributed by atoms with Crippen molar-refractivity contribution >= 4 is 34.5 Å². The molecule has 3 aromatic rings. The van der Waals surface area contributed by atoms with E-state index in [0.717, 1.165) is 40.6 Å². The molecule has 1 fully saturated rings. The number of hydrogen-bond donors (Lipinski definition) is 1. The molecule has 0 saturated carbocycles. The maximum atomic E-state index is 13.2. The number of ether oxygens (including phenoxy) is 1. The number of carbonyl (C=O) groups excluding carboxylic acids is 1. The zero-order valence-corrected chi connectivity index (χ0v) is 19.5. The van der Waals surface area contributed by atoms with Crippen LogP contribution in [-0.2, 0) is 28.5 Å². The van der Waals surface area contributed by atoms with Gasteiger partial charge < -0.3 is 10.5 Å². The lowest BCUT2D eigenvalue weighted by molar-refractivity contribution is -0.132. The highest BCUT2D eigenvalue weighted by molar-refractivity contribution is 6.32. The number of aromatic nitrogens is 3. The van der Waals surface area contributed by atoms with Crippen LogP contribution in [0.4, 0.5) is 0 Å². The summed E-state index contributed by atoms with van der Waals surface area (Å²) in [5.74, 6) is 0.234. The summed E-state index contributed by atoms with van der Waals surface area (Å²) >= 11 is 6.90. The fourth-order valence-corrected chi connectivity index (χ4v) is 5.28. The van der Waals surface area contributed by atoms with Crippen molar-refractivity contribution < 1.29 is 9.53 Å². The Labute approximate surface area is 197 Å². The highest BCUT2D eigenvalue weighted by Gasteiger charge is 2.41. The zero-order valence-electron chi connectivity index (χ0n) is 18.8. The van der Waals surface area contributed by atoms with E-state index in [4.69, 9.17) is 27.1 Å². The Morgan fingerprint density at radius 2 is 2.06 bits per heavy atom. The third-order valence-electron chi connectivity index (χ3n) is 6.61. The molecule has 0 unspecified atom stereocenters. The number of aryl methyl sites for hydroxylation is 1. The molecular formula is C24H27ClN6O2. The molecule has 2 aliphatic heterocycles. The van der Waals surface area contributed by atoms with Gasteiger partial charge in [0.25, 0.3) is 0 Å². The molecule has 8 nitrogen and oxygen atoms in total. The number of nitrogens with two attached hydrogens (primary N) is 1. The summed E-state index contributed by atoms with van der Waals surface area (Å²) in [6.45, 7) is 3.19. The summed E-state index contributed by atoms with van der Waals surface area (Å²) in [7, 11) is 1.87. The van der Waals surface area contributed by atoms with E-state index in [-0.39, 0.29) is 24.3 Å². The van der Waals surface area contributed by atoms with Crippen molar-refractivity contribution in [2.24, 2.45) is 17.8 Å². The molecule has 0 aliphatic carbocycles. The number of hydrogen-bond acceptors (Lipinski definition) is 6. The summed E-state index contributed by atoms with van der Waals surface area (Å²) in [5.41, 5.74) is 9.15. The van der Waals surface area contributed by atoms with E-state index in [2.05, 4.69) is 16.1 Å². The van der Waals surface area contributed by atoms with Gasteiger partial charge in [0.15, 0.2) is 11.6 Å². The Morgan fingerprint density at radius 1 is 1.27 bits per heavy atom. The summed E-state index contributed by atoms with van der Waals surface area (Å²) in [5, 5.41) is 5.85. The van der Waals surface area contributed by atoms with E-state index in [1.165, 1.54) is 0 Å². The number of benzene rings is 1. The number of aliphatic imine (C=N–C) groups is 1. The number of nitrogens with zero attached hydrogens (tertiary/aromatic N) is 5. The Morgan fingerprint density at radius 3 is 2.82 bits per heavy atom. The van der Waals surface area contributed by atoms with Crippen LogP contribution in [0.2, 0.25) is 5.02 Å². The number of carbonyl (C=O) groups is 1. The Kier molecular flexibility index (Phi) is 5.58. The highest BCUT2D eigenvalue weighted by atomic mass is 35.5. The SMILES string of the molecule is Cn1ncc2cc(Cc3cccc([C@]4(C)CC(=O)N(C5CCOCC5)C(N)=N4)c3Cl)cnc21. The van der Waals surface area contributed by atoms with E-state index >= 15 is 0 Å². The van der Waals surface area contributed by atoms with Gasteiger partial charge in [0.05, 0.1) is 18.2 Å². The van der Waals surface area contributed by atoms with Crippen molar-refractivity contribution in [2.75, 3.05) is 13.2 Å². The average Bonchev–Trinajstić information content (AvgIpc) is 3.15. The number of halogens is 1. The van der Waals surface area contributed by atoms with E-state index < -0.39 is 5.54 Å². The summed E-state index contributed by atoms with van der Waals surface area (Å²) < 4.78 is 7.18. The molecule has 2 aromatic heterocycles. The Hall–Kier alpha value is -2.97. The fraction of sp³-hybridized carbons (Fsp3) is 0.417. The minimum atomic E-state index is -0.818. The molecule has 2 aliphatic rings. The molecule has 33 heavy (non-hydrogen) atoms. The molecule has 172 valence electrons. The predicted octanol–water partition coefficient (Wildman–Crippen LogP) is 3.15. The van der Waals surface area contributed by atoms with Crippen LogP contribution in [0.5, 0.6) is 0 Å². The second-order valence-electron chi connectivity index (χ2n) is 9.01. The van der Waals surface area contributed by atoms with E-state index in [0.29, 0.717) is 24.7 Å². The predicted molar refractivity (Wildman–Crippen MR) is 127 cm³/mol. The van der Waals surface area contributed by atoms with E-state index in [1.807, 2.05) is 38.4 Å². The fourth-order valence-electron chi connectivity index (χ4n) is 4.88. The third-order valence-corrected chi connectivity index (χ3v) is 7.06. The van der Waals surface area contributed by atoms with Crippen LogP contribution in [0.1, 0.15) is 42.9 Å². The first-order chi connectivity index (χ1) is 15.9. The topological polar surface area (TPSA) is 98.6 Å². The van der Waals surface area contributed by atoms with Crippen LogP contribution in [-0.4, -0.2) is 50.8 Å². The quantitative estimate of drug-likeness (QED) is 0.636. The lowest BCUT2D eigenvalue weighted by Crippen LogP contribution is -2.55. The van der Waals surface area contributed by atoms with Gasteiger partial charge in [0.2, 0.25) is 5.91 Å². The van der Waals surface area contributed by atoms with Gasteiger partial charge in [-0.2, -0.15) is 5.10 Å². The molecule has 4 heterocycles. The van der Waals surface area contributed by atoms with Crippen LogP contribution in [0, 0.1) is 0 Å². The molecule has 5 rings (SSSR count). The number of pyridine rings is 1. The van der Waals surface area contributed by atoms with Gasteiger partial charge in [-0.25, -0.2) is 9.98 Å². The first kappa shape index (κ1) is 21.9. The molecule has 0 radical (unpaired) electrons. The van der Waals surface area contributed by atoms with Crippen LogP contribution in [0.15, 0.2) is 41.7 Å². The first-order valence-electron chi connectivity index (χ1n) is 11.2. The molecular weight excluding hydrogens is 440 g/mol. The summed E-state index contributed by atoms with van der Waals surface area (Å²) in [6.07, 6.45) is 6.02. The van der Waals surface area contributed by atoms with Crippen molar-refractivity contribution in [3.8, 4) is 0 Å². The molecule has 1 amide bonds. The lowest BCUT2D eigenvalue weighted by Gasteiger charge is -2.40. The van der Waals surface area contributed by atoms with Crippen molar-refractivity contribution in [1.29, 1.82) is 0 Å². The van der Waals surface area contributed by atoms with Crippen molar-refractivity contribution in [1.82, 2.24) is 19.7 Å². The second kappa shape index (κ2) is 8.43. The maximum absolute atomic E-state index is 13.2. The molecule has 0 spiro atoms. The second-order valence-corrected chi connectivity index (χ2v) is 9.39. The standard InChI is InChI=1S/C24H27ClN6O2/c1-24(12-20(32)31(23(26)29-24)18-6-8-33-9-7-18)19-5-3-4-16(21(19)25)10-15-11-17-14-28-30(2)22(17)27-13-15/h3-5,11,13-14,18H,6-10,12H2,1-2H3,(H2,26,29)/t24-/m0/s1. The number of rotatable bonds is 4. The third kappa shape index (κ3) is 3.98. The number of amides is 1. The maximum Gasteiger partial charge on any atom is 0.232 e. The normalized spacial score (nSPS) is 22.1. The summed E-state index contributed by atoms with van der Waals surface area (Å²) in [4.78, 5) is 24.1. The van der Waals surface area contributed by atoms with Crippen molar-refractivity contribution in [3.63, 3.8) is 0 Å². The molecule has 9 heteroatoms. The van der Waals surface area contributed by atoms with E-state index in [9.17, 15) is 4.79 Å². The first-order valence-corrected chi connectivity index (χ1v) is 11.5. The van der Waals surface area contributed by atoms with Crippen LogP contribution in [0.3, 0.4) is 0 Å². The molecule has 1 saturated heterocycles. The van der Waals surface area contributed by atoms with Gasteiger partial charge in [-0.15, -0.1) is 0 Å². The number of fused-ring (bicyclic) bond motifs is 1. The van der Waals surface area contributed by atoms with Crippen molar-refractivity contribution in [2.45, 2.75) is 44.2 Å². The number of guanidine groups is 1. The highest BCUT2D eigenvalue weighted by Crippen LogP contribution is 2.40. The Bertz CT molecular complexity index is 1250. The molecule has 2 N–H and O–H groups in total. The Balaban J connectivity index is 1.45. The van der Waals surface area contributed by atoms with Crippen LogP contribution >= 0.6 is 11.6 Å². The lowest BCUT2D eigenvalue weighted by atomic mass is 9.85. The minimum Gasteiger partial charge on any atom is -0.381 e. The minimum absolute atomic E-state index is 0.0235. The van der Waals surface area contributed by atoms with Crippen molar-refractivity contribution in [3.05, 3.63) is 58.4 Å².